The number of thiazole rings is 1. The molecular weight excluding hydrogens is 432 g/mol. The molecule has 1 aliphatic heterocycles. The van der Waals surface area contributed by atoms with Crippen LogP contribution >= 0.6 is 22.9 Å². The Balaban J connectivity index is 1.54. The van der Waals surface area contributed by atoms with Gasteiger partial charge in [0.15, 0.2) is 0 Å². The van der Waals surface area contributed by atoms with Crippen LogP contribution in [0, 0.1) is 0 Å². The number of sulfonamides is 1. The van der Waals surface area contributed by atoms with Crippen molar-refractivity contribution in [3.63, 3.8) is 0 Å². The molecular formula is C20H19ClN2O4S2. The summed E-state index contributed by atoms with van der Waals surface area (Å²) in [5.41, 5.74) is 1.13. The van der Waals surface area contributed by atoms with Crippen molar-refractivity contribution >= 4 is 49.1 Å². The number of aromatic nitrogens is 1. The lowest BCUT2D eigenvalue weighted by molar-refractivity contribution is 0.0600. The van der Waals surface area contributed by atoms with Crippen molar-refractivity contribution in [2.45, 2.75) is 23.7 Å². The molecule has 2 aromatic carbocycles. The number of para-hydroxylation sites is 1. The smallest absolute Gasteiger partial charge is 0.337 e. The van der Waals surface area contributed by atoms with Crippen LogP contribution in [0.5, 0.6) is 0 Å². The van der Waals surface area contributed by atoms with Crippen LogP contribution in [0.2, 0.25) is 5.02 Å². The Labute approximate surface area is 178 Å². The molecule has 0 amide bonds. The highest BCUT2D eigenvalue weighted by molar-refractivity contribution is 7.89. The molecule has 0 bridgehead atoms. The minimum atomic E-state index is -3.81. The van der Waals surface area contributed by atoms with Crippen LogP contribution in [0.4, 0.5) is 0 Å². The molecule has 152 valence electrons. The first kappa shape index (κ1) is 20.3. The second kappa shape index (κ2) is 8.02. The molecule has 0 unspecified atom stereocenters. The van der Waals surface area contributed by atoms with E-state index in [1.165, 1.54) is 29.6 Å². The highest BCUT2D eigenvalue weighted by Gasteiger charge is 2.33. The zero-order chi connectivity index (χ0) is 20.6. The van der Waals surface area contributed by atoms with Gasteiger partial charge in [0.2, 0.25) is 10.0 Å². The predicted octanol–water partition coefficient (Wildman–Crippen LogP) is 4.30. The Morgan fingerprint density at radius 1 is 1.21 bits per heavy atom. The minimum absolute atomic E-state index is 0.0690. The van der Waals surface area contributed by atoms with Crippen molar-refractivity contribution in [2.24, 2.45) is 0 Å². The van der Waals surface area contributed by atoms with Gasteiger partial charge in [-0.2, -0.15) is 4.31 Å². The van der Waals surface area contributed by atoms with Crippen LogP contribution in [0.1, 0.15) is 34.1 Å². The number of carbonyl (C=O) groups is 1. The van der Waals surface area contributed by atoms with Gasteiger partial charge in [-0.15, -0.1) is 11.3 Å². The summed E-state index contributed by atoms with van der Waals surface area (Å²) in [7, 11) is -2.56. The third-order valence-electron chi connectivity index (χ3n) is 5.08. The molecule has 1 aromatic heterocycles. The van der Waals surface area contributed by atoms with Crippen LogP contribution in [-0.2, 0) is 14.8 Å². The molecule has 1 saturated heterocycles. The summed E-state index contributed by atoms with van der Waals surface area (Å²) in [6.07, 6.45) is 1.38. The van der Waals surface area contributed by atoms with Gasteiger partial charge in [-0.25, -0.2) is 18.2 Å². The molecule has 0 aliphatic carbocycles. The number of ether oxygens (including phenoxy) is 1. The fraction of sp³-hybridized carbons (Fsp3) is 0.300. The maximum atomic E-state index is 13.1. The molecule has 1 aliphatic rings. The van der Waals surface area contributed by atoms with E-state index >= 15 is 0 Å². The minimum Gasteiger partial charge on any atom is -0.465 e. The van der Waals surface area contributed by atoms with Gasteiger partial charge in [-0.1, -0.05) is 23.7 Å². The van der Waals surface area contributed by atoms with E-state index in [1.807, 2.05) is 24.3 Å². The maximum absolute atomic E-state index is 13.1. The second-order valence-corrected chi connectivity index (χ2v) is 10.2. The Kier molecular flexibility index (Phi) is 5.61. The number of benzene rings is 2. The average molecular weight is 451 g/mol. The lowest BCUT2D eigenvalue weighted by atomic mass is 9.99. The number of halogens is 1. The topological polar surface area (TPSA) is 76.6 Å². The van der Waals surface area contributed by atoms with Crippen molar-refractivity contribution in [1.29, 1.82) is 0 Å². The van der Waals surface area contributed by atoms with Crippen LogP contribution in [0.15, 0.2) is 47.4 Å². The molecule has 0 atom stereocenters. The molecule has 0 N–H and O–H groups in total. The van der Waals surface area contributed by atoms with Gasteiger partial charge < -0.3 is 4.74 Å². The van der Waals surface area contributed by atoms with Gasteiger partial charge in [0.25, 0.3) is 0 Å². The lowest BCUT2D eigenvalue weighted by Gasteiger charge is -2.30. The van der Waals surface area contributed by atoms with Gasteiger partial charge in [0.05, 0.1) is 32.9 Å². The number of hydrogen-bond acceptors (Lipinski definition) is 6. The molecule has 0 saturated carbocycles. The number of methoxy groups -OCH3 is 1. The van der Waals surface area contributed by atoms with Crippen molar-refractivity contribution in [3.8, 4) is 0 Å². The summed E-state index contributed by atoms with van der Waals surface area (Å²) in [6, 6.07) is 12.1. The summed E-state index contributed by atoms with van der Waals surface area (Å²) < 4.78 is 33.5. The Morgan fingerprint density at radius 3 is 2.62 bits per heavy atom. The number of rotatable bonds is 4. The quantitative estimate of drug-likeness (QED) is 0.554. The molecule has 2 heterocycles. The van der Waals surface area contributed by atoms with E-state index in [9.17, 15) is 13.2 Å². The van der Waals surface area contributed by atoms with E-state index < -0.39 is 16.0 Å². The first-order valence-electron chi connectivity index (χ1n) is 9.13. The van der Waals surface area contributed by atoms with Crippen LogP contribution in [-0.4, -0.2) is 43.9 Å². The number of hydrogen-bond donors (Lipinski definition) is 0. The zero-order valence-electron chi connectivity index (χ0n) is 15.7. The number of fused-ring (bicyclic) bond motifs is 1. The fourth-order valence-electron chi connectivity index (χ4n) is 3.49. The van der Waals surface area contributed by atoms with Crippen LogP contribution in [0.25, 0.3) is 10.2 Å². The first-order valence-corrected chi connectivity index (χ1v) is 11.8. The van der Waals surface area contributed by atoms with Crippen molar-refractivity contribution < 1.29 is 17.9 Å². The highest BCUT2D eigenvalue weighted by atomic mass is 35.5. The fourth-order valence-corrected chi connectivity index (χ4v) is 6.60. The van der Waals surface area contributed by atoms with Crippen molar-refractivity contribution in [2.75, 3.05) is 20.2 Å². The summed E-state index contributed by atoms with van der Waals surface area (Å²) >= 11 is 7.82. The van der Waals surface area contributed by atoms with Crippen LogP contribution < -0.4 is 0 Å². The van der Waals surface area contributed by atoms with Crippen molar-refractivity contribution in [3.05, 3.63) is 58.1 Å². The predicted molar refractivity (Wildman–Crippen MR) is 113 cm³/mol. The largest absolute Gasteiger partial charge is 0.465 e. The van der Waals surface area contributed by atoms with E-state index in [2.05, 4.69) is 4.74 Å². The molecule has 0 radical (unpaired) electrons. The molecule has 9 heteroatoms. The molecule has 6 nitrogen and oxygen atoms in total. The first-order chi connectivity index (χ1) is 13.9. The number of piperidine rings is 1. The average Bonchev–Trinajstić information content (AvgIpc) is 3.18. The summed E-state index contributed by atoms with van der Waals surface area (Å²) in [5, 5.41) is 1.14. The summed E-state index contributed by atoms with van der Waals surface area (Å²) in [6.45, 7) is 0.753. The normalized spacial score (nSPS) is 16.2. The Hall–Kier alpha value is -2.00. The monoisotopic (exact) mass is 450 g/mol. The Bertz CT molecular complexity index is 1140. The Morgan fingerprint density at radius 2 is 1.93 bits per heavy atom. The number of nitrogens with zero attached hydrogens (tertiary/aromatic N) is 2. The van der Waals surface area contributed by atoms with E-state index in [4.69, 9.17) is 16.6 Å². The molecule has 1 fully saturated rings. The van der Waals surface area contributed by atoms with Gasteiger partial charge in [-0.05, 0) is 43.2 Å². The third-order valence-corrected chi connectivity index (χ3v) is 8.66. The number of carbonyl (C=O) groups excluding carboxylic acids is 1. The highest BCUT2D eigenvalue weighted by Crippen LogP contribution is 2.36. The SMILES string of the molecule is COC(=O)c1ccc(Cl)c(S(=O)(=O)N2CCC(c3nc4ccccc4s3)CC2)c1. The van der Waals surface area contributed by atoms with Crippen LogP contribution in [0.3, 0.4) is 0 Å². The van der Waals surface area contributed by atoms with Gasteiger partial charge in [-0.3, -0.25) is 0 Å². The molecule has 4 rings (SSSR count). The standard InChI is InChI=1S/C20H19ClN2O4S2/c1-27-20(24)14-6-7-15(21)18(12-14)29(25,26)23-10-8-13(9-11-23)19-22-16-4-2-3-5-17(16)28-19/h2-7,12-13H,8-11H2,1H3. The van der Waals surface area contributed by atoms with Gasteiger partial charge in [0.1, 0.15) is 4.90 Å². The van der Waals surface area contributed by atoms with E-state index in [0.29, 0.717) is 25.9 Å². The van der Waals surface area contributed by atoms with E-state index in [1.54, 1.807) is 11.3 Å². The maximum Gasteiger partial charge on any atom is 0.337 e. The molecule has 0 spiro atoms. The summed E-state index contributed by atoms with van der Waals surface area (Å²) in [4.78, 5) is 16.4. The van der Waals surface area contributed by atoms with Gasteiger partial charge >= 0.3 is 5.97 Å². The zero-order valence-corrected chi connectivity index (χ0v) is 18.1. The van der Waals surface area contributed by atoms with E-state index in [-0.39, 0.29) is 21.4 Å². The second-order valence-electron chi connectivity index (χ2n) is 6.83. The third kappa shape index (κ3) is 3.90. The van der Waals surface area contributed by atoms with Gasteiger partial charge in [0, 0.05) is 19.0 Å². The van der Waals surface area contributed by atoms with Crippen molar-refractivity contribution in [1.82, 2.24) is 9.29 Å². The summed E-state index contributed by atoms with van der Waals surface area (Å²) in [5.74, 6) is -0.372. The number of esters is 1. The lowest BCUT2D eigenvalue weighted by Crippen LogP contribution is -2.38. The van der Waals surface area contributed by atoms with E-state index in [0.717, 1.165) is 15.2 Å². The molecule has 29 heavy (non-hydrogen) atoms. The molecule has 3 aromatic rings.